The van der Waals surface area contributed by atoms with Gasteiger partial charge in [0.15, 0.2) is 6.10 Å². The Labute approximate surface area is 320 Å². The van der Waals surface area contributed by atoms with Crippen molar-refractivity contribution in [3.63, 3.8) is 0 Å². The number of amides is 2. The lowest BCUT2D eigenvalue weighted by molar-refractivity contribution is -0.157. The largest absolute Gasteiger partial charge is 0.466 e. The van der Waals surface area contributed by atoms with Crippen LogP contribution in [0.2, 0.25) is 0 Å². The number of nitrogens with zero attached hydrogens (tertiary/aromatic N) is 1. The number of nitrogens with one attached hydrogen (secondary N) is 2. The maximum atomic E-state index is 14.6. The molecule has 1 unspecified atom stereocenters. The number of thiophene rings is 1. The number of carbonyl (C=O) groups is 4. The van der Waals surface area contributed by atoms with E-state index in [-0.39, 0.29) is 29.4 Å². The number of ether oxygens (including phenoxy) is 3. The van der Waals surface area contributed by atoms with Crippen molar-refractivity contribution >= 4 is 52.7 Å². The lowest BCUT2D eigenvalue weighted by Gasteiger charge is -2.49. The van der Waals surface area contributed by atoms with Crippen molar-refractivity contribution in [2.45, 2.75) is 29.5 Å². The van der Waals surface area contributed by atoms with Crippen molar-refractivity contribution < 1.29 is 33.4 Å². The molecule has 2 aliphatic heterocycles. The van der Waals surface area contributed by atoms with Crippen molar-refractivity contribution in [1.82, 2.24) is 10.2 Å². The van der Waals surface area contributed by atoms with E-state index in [0.717, 1.165) is 4.88 Å². The summed E-state index contributed by atoms with van der Waals surface area (Å²) in [4.78, 5) is 57.7. The van der Waals surface area contributed by atoms with Gasteiger partial charge < -0.3 is 19.5 Å². The summed E-state index contributed by atoms with van der Waals surface area (Å²) in [6.45, 7) is 0. The van der Waals surface area contributed by atoms with E-state index in [0.29, 0.717) is 22.3 Å². The molecule has 0 radical (unpaired) electrons. The summed E-state index contributed by atoms with van der Waals surface area (Å²) in [7, 11) is 1.23. The topological polar surface area (TPSA) is 135 Å². The van der Waals surface area contributed by atoms with Crippen LogP contribution in [-0.4, -0.2) is 58.8 Å². The highest BCUT2D eigenvalue weighted by Crippen LogP contribution is 2.44. The Balaban J connectivity index is 1.29. The van der Waals surface area contributed by atoms with E-state index in [9.17, 15) is 24.6 Å². The molecular weight excluding hydrogens is 723 g/mol. The molecule has 12 heteroatoms. The SMILES string of the molecule is COC(=O)C(OC(=N)C1=C(C(=O)OC(c2ccccc2)c2ccccc2)N2C(=O)C(NC(=O)Cc3cccs3)[C@H]2SC1)(c1ccccc1)c1ccccc1. The molecular formula is C42H35N3O7S2. The summed E-state index contributed by atoms with van der Waals surface area (Å²) in [5, 5.41) is 13.5. The van der Waals surface area contributed by atoms with E-state index in [1.807, 2.05) is 78.2 Å². The van der Waals surface area contributed by atoms with Crippen molar-refractivity contribution in [3.8, 4) is 0 Å². The van der Waals surface area contributed by atoms with Gasteiger partial charge in [0.25, 0.3) is 11.5 Å². The van der Waals surface area contributed by atoms with Gasteiger partial charge in [0, 0.05) is 21.8 Å². The Morgan fingerprint density at radius 2 is 1.39 bits per heavy atom. The number of rotatable bonds is 12. The van der Waals surface area contributed by atoms with Crippen LogP contribution in [0.5, 0.6) is 0 Å². The van der Waals surface area contributed by atoms with Gasteiger partial charge in [0.05, 0.1) is 19.1 Å². The second kappa shape index (κ2) is 15.9. The standard InChI is InChI=1S/C42H35N3O7S2/c1-50-41(49)42(29-19-10-4-11-20-29,30-21-12-5-13-22-30)52-37(43)32-26-54-39-34(44-33(46)25-31-23-14-24-53-31)38(47)45(39)35(32)40(48)51-36(27-15-6-2-7-16-27)28-17-8-3-9-18-28/h2-24,34,36,39,43H,25-26H2,1H3,(H,44,46)/t34?,39-/m1/s1. The van der Waals surface area contributed by atoms with Gasteiger partial charge in [0.1, 0.15) is 17.1 Å². The van der Waals surface area contributed by atoms with Gasteiger partial charge in [-0.1, -0.05) is 127 Å². The fourth-order valence-corrected chi connectivity index (χ4v) is 8.64. The number of fused-ring (bicyclic) bond motifs is 1. The highest BCUT2D eigenvalue weighted by molar-refractivity contribution is 8.00. The lowest BCUT2D eigenvalue weighted by Crippen LogP contribution is -2.71. The van der Waals surface area contributed by atoms with Gasteiger partial charge in [0.2, 0.25) is 11.8 Å². The molecule has 10 nitrogen and oxygen atoms in total. The van der Waals surface area contributed by atoms with Crippen LogP contribution in [0, 0.1) is 5.41 Å². The maximum absolute atomic E-state index is 14.6. The van der Waals surface area contributed by atoms with Gasteiger partial charge in [-0.2, -0.15) is 0 Å². The summed E-state index contributed by atoms with van der Waals surface area (Å²) in [5.74, 6) is -3.03. The van der Waals surface area contributed by atoms with Crippen LogP contribution < -0.4 is 5.32 Å². The van der Waals surface area contributed by atoms with Crippen LogP contribution in [0.1, 0.15) is 33.2 Å². The first-order valence-electron chi connectivity index (χ1n) is 17.1. The second-order valence-corrected chi connectivity index (χ2v) is 14.6. The van der Waals surface area contributed by atoms with Gasteiger partial charge in [-0.05, 0) is 22.6 Å². The van der Waals surface area contributed by atoms with E-state index >= 15 is 0 Å². The van der Waals surface area contributed by atoms with E-state index in [1.54, 1.807) is 60.7 Å². The van der Waals surface area contributed by atoms with Gasteiger partial charge in [-0.3, -0.25) is 19.9 Å². The summed E-state index contributed by atoms with van der Waals surface area (Å²) in [6, 6.07) is 38.5. The first-order valence-corrected chi connectivity index (χ1v) is 19.0. The quantitative estimate of drug-likeness (QED) is 0.0648. The summed E-state index contributed by atoms with van der Waals surface area (Å²) < 4.78 is 18.1. The van der Waals surface area contributed by atoms with Crippen LogP contribution in [0.15, 0.2) is 150 Å². The normalized spacial score (nSPS) is 16.6. The van der Waals surface area contributed by atoms with Crippen molar-refractivity contribution in [1.29, 1.82) is 5.41 Å². The van der Waals surface area contributed by atoms with E-state index in [2.05, 4.69) is 5.32 Å². The summed E-state index contributed by atoms with van der Waals surface area (Å²) in [5.41, 5.74) is 0.0530. The third-order valence-electron chi connectivity index (χ3n) is 9.19. The summed E-state index contributed by atoms with van der Waals surface area (Å²) >= 11 is 2.71. The zero-order valence-electron chi connectivity index (χ0n) is 29.0. The first-order chi connectivity index (χ1) is 26.3. The first kappa shape index (κ1) is 36.4. The second-order valence-electron chi connectivity index (χ2n) is 12.5. The molecule has 0 bridgehead atoms. The molecule has 0 aliphatic carbocycles. The molecule has 54 heavy (non-hydrogen) atoms. The molecule has 1 saturated heterocycles. The Hall–Kier alpha value is -5.98. The minimum atomic E-state index is -1.95. The third-order valence-corrected chi connectivity index (χ3v) is 11.3. The molecule has 2 N–H and O–H groups in total. The smallest absolute Gasteiger partial charge is 0.359 e. The number of esters is 2. The fourth-order valence-electron chi connectivity index (χ4n) is 6.59. The molecule has 272 valence electrons. The molecule has 2 atom stereocenters. The minimum absolute atomic E-state index is 0.0250. The Kier molecular flexibility index (Phi) is 10.7. The van der Waals surface area contributed by atoms with Gasteiger partial charge in [-0.15, -0.1) is 23.1 Å². The van der Waals surface area contributed by atoms with Crippen molar-refractivity contribution in [2.24, 2.45) is 0 Å². The van der Waals surface area contributed by atoms with Crippen LogP contribution in [0.3, 0.4) is 0 Å². The number of β-lactam (4-membered cyclic amide) rings is 1. The molecule has 0 saturated carbocycles. The third kappa shape index (κ3) is 7.05. The molecule has 2 aliphatic rings. The van der Waals surface area contributed by atoms with Crippen molar-refractivity contribution in [3.05, 3.63) is 177 Å². The number of methoxy groups -OCH3 is 1. The van der Waals surface area contributed by atoms with Gasteiger partial charge >= 0.3 is 11.9 Å². The number of hydrogen-bond donors (Lipinski definition) is 2. The predicted molar refractivity (Wildman–Crippen MR) is 205 cm³/mol. The fraction of sp³-hybridized carbons (Fsp3) is 0.167. The molecule has 7 rings (SSSR count). The number of hydrogen-bond acceptors (Lipinski definition) is 10. The Morgan fingerprint density at radius 1 is 0.833 bits per heavy atom. The molecule has 4 aromatic carbocycles. The lowest BCUT2D eigenvalue weighted by atomic mass is 9.85. The molecule has 2 amide bonds. The molecule has 1 aromatic heterocycles. The number of thioether (sulfide) groups is 1. The zero-order valence-corrected chi connectivity index (χ0v) is 30.7. The van der Waals surface area contributed by atoms with Crippen molar-refractivity contribution in [2.75, 3.05) is 12.9 Å². The maximum Gasteiger partial charge on any atom is 0.359 e. The van der Waals surface area contributed by atoms with E-state index in [4.69, 9.17) is 14.2 Å². The average molecular weight is 758 g/mol. The number of benzene rings is 4. The van der Waals surface area contributed by atoms with Crippen LogP contribution in [0.4, 0.5) is 0 Å². The van der Waals surface area contributed by atoms with E-state index < -0.39 is 46.9 Å². The Bertz CT molecular complexity index is 2100. The Morgan fingerprint density at radius 3 is 1.91 bits per heavy atom. The van der Waals surface area contributed by atoms with Crippen LogP contribution >= 0.6 is 23.1 Å². The molecule has 3 heterocycles. The zero-order chi connectivity index (χ0) is 37.7. The summed E-state index contributed by atoms with van der Waals surface area (Å²) in [6.07, 6.45) is -0.755. The molecule has 1 fully saturated rings. The minimum Gasteiger partial charge on any atom is -0.466 e. The van der Waals surface area contributed by atoms with Gasteiger partial charge in [-0.25, -0.2) is 9.59 Å². The van der Waals surface area contributed by atoms with E-state index in [1.165, 1.54) is 35.1 Å². The predicted octanol–water partition coefficient (Wildman–Crippen LogP) is 6.39. The molecule has 5 aromatic rings. The average Bonchev–Trinajstić information content (AvgIpc) is 3.74. The van der Waals surface area contributed by atoms with Crippen LogP contribution in [0.25, 0.3) is 0 Å². The highest BCUT2D eigenvalue weighted by atomic mass is 32.2. The van der Waals surface area contributed by atoms with Crippen LogP contribution in [-0.2, 0) is 45.4 Å². The highest BCUT2D eigenvalue weighted by Gasteiger charge is 2.56. The number of carbonyl (C=O) groups excluding carboxylic acids is 4. The molecule has 0 spiro atoms. The monoisotopic (exact) mass is 757 g/mol.